The molecule has 0 heterocycles. The Labute approximate surface area is 96.8 Å². The molecule has 0 aliphatic heterocycles. The van der Waals surface area contributed by atoms with Crippen LogP contribution in [-0.2, 0) is 11.2 Å². The zero-order chi connectivity index (χ0) is 12.3. The SMILES string of the molecule is COc1c(Cl)ccc(CC(N)C(=O)O)c1F. The van der Waals surface area contributed by atoms with E-state index in [4.69, 9.17) is 27.2 Å². The minimum absolute atomic E-state index is 0.100. The Morgan fingerprint density at radius 3 is 2.81 bits per heavy atom. The first-order valence-electron chi connectivity index (χ1n) is 4.46. The van der Waals surface area contributed by atoms with Crippen LogP contribution in [0, 0.1) is 5.82 Å². The number of ether oxygens (including phenoxy) is 1. The fourth-order valence-electron chi connectivity index (χ4n) is 1.24. The Hall–Kier alpha value is -1.33. The molecule has 0 saturated carbocycles. The van der Waals surface area contributed by atoms with Crippen LogP contribution in [0.25, 0.3) is 0 Å². The number of carboxylic acid groups (broad SMARTS) is 1. The molecule has 1 unspecified atom stereocenters. The first-order valence-corrected chi connectivity index (χ1v) is 4.84. The maximum Gasteiger partial charge on any atom is 0.320 e. The van der Waals surface area contributed by atoms with Crippen LogP contribution in [0.3, 0.4) is 0 Å². The molecule has 3 N–H and O–H groups in total. The van der Waals surface area contributed by atoms with E-state index in [1.807, 2.05) is 0 Å². The summed E-state index contributed by atoms with van der Waals surface area (Å²) in [5.41, 5.74) is 5.47. The maximum atomic E-state index is 13.7. The van der Waals surface area contributed by atoms with E-state index in [0.29, 0.717) is 0 Å². The zero-order valence-corrected chi connectivity index (χ0v) is 9.29. The largest absolute Gasteiger partial charge is 0.492 e. The highest BCUT2D eigenvalue weighted by molar-refractivity contribution is 6.32. The van der Waals surface area contributed by atoms with Gasteiger partial charge in [0, 0.05) is 6.42 Å². The summed E-state index contributed by atoms with van der Waals surface area (Å²) in [6.07, 6.45) is -0.116. The molecule has 88 valence electrons. The van der Waals surface area contributed by atoms with Gasteiger partial charge < -0.3 is 15.6 Å². The summed E-state index contributed by atoms with van der Waals surface area (Å²) in [7, 11) is 1.28. The number of hydrogen-bond donors (Lipinski definition) is 2. The van der Waals surface area contributed by atoms with Gasteiger partial charge in [0.05, 0.1) is 12.1 Å². The van der Waals surface area contributed by atoms with Crippen molar-refractivity contribution in [2.75, 3.05) is 7.11 Å². The third kappa shape index (κ3) is 2.62. The average Bonchev–Trinajstić information content (AvgIpc) is 2.22. The number of nitrogens with two attached hydrogens (primary N) is 1. The molecule has 0 radical (unpaired) electrons. The van der Waals surface area contributed by atoms with Gasteiger partial charge in [0.1, 0.15) is 6.04 Å². The molecule has 0 fully saturated rings. The van der Waals surface area contributed by atoms with E-state index in [2.05, 4.69) is 0 Å². The standard InChI is InChI=1S/C10H11ClFNO3/c1-16-9-6(11)3-2-5(8(9)12)4-7(13)10(14)15/h2-3,7H,4,13H2,1H3,(H,14,15). The molecule has 0 spiro atoms. The Bertz CT molecular complexity index is 411. The highest BCUT2D eigenvalue weighted by Crippen LogP contribution is 2.30. The van der Waals surface area contributed by atoms with Crippen LogP contribution in [0.4, 0.5) is 4.39 Å². The summed E-state index contributed by atoms with van der Waals surface area (Å²) in [4.78, 5) is 10.5. The van der Waals surface area contributed by atoms with E-state index in [9.17, 15) is 9.18 Å². The van der Waals surface area contributed by atoms with E-state index in [0.717, 1.165) is 0 Å². The van der Waals surface area contributed by atoms with Gasteiger partial charge in [-0.3, -0.25) is 4.79 Å². The lowest BCUT2D eigenvalue weighted by Crippen LogP contribution is -2.32. The van der Waals surface area contributed by atoms with E-state index < -0.39 is 17.8 Å². The third-order valence-corrected chi connectivity index (χ3v) is 2.39. The second-order valence-corrected chi connectivity index (χ2v) is 3.61. The number of methoxy groups -OCH3 is 1. The second-order valence-electron chi connectivity index (χ2n) is 3.20. The molecule has 1 aromatic rings. The summed E-state index contributed by atoms with van der Waals surface area (Å²) in [5, 5.41) is 8.74. The molecule has 16 heavy (non-hydrogen) atoms. The van der Waals surface area contributed by atoms with E-state index in [1.165, 1.54) is 19.2 Å². The zero-order valence-electron chi connectivity index (χ0n) is 8.54. The molecule has 0 aliphatic carbocycles. The van der Waals surface area contributed by atoms with Crippen LogP contribution in [0.1, 0.15) is 5.56 Å². The van der Waals surface area contributed by atoms with Gasteiger partial charge in [-0.05, 0) is 11.6 Å². The first kappa shape index (κ1) is 12.7. The normalized spacial score (nSPS) is 12.2. The summed E-state index contributed by atoms with van der Waals surface area (Å²) >= 11 is 5.69. The highest BCUT2D eigenvalue weighted by Gasteiger charge is 2.18. The molecule has 1 atom stereocenters. The quantitative estimate of drug-likeness (QED) is 0.845. The summed E-state index contributed by atoms with van der Waals surface area (Å²) in [5.74, 6) is -1.96. The van der Waals surface area contributed by atoms with Gasteiger partial charge in [0.15, 0.2) is 11.6 Å². The second kappa shape index (κ2) is 5.14. The van der Waals surface area contributed by atoms with E-state index in [-0.39, 0.29) is 22.8 Å². The van der Waals surface area contributed by atoms with Crippen molar-refractivity contribution in [2.24, 2.45) is 5.73 Å². The number of halogens is 2. The van der Waals surface area contributed by atoms with Crippen molar-refractivity contribution in [1.29, 1.82) is 0 Å². The molecule has 0 aromatic heterocycles. The van der Waals surface area contributed by atoms with E-state index in [1.54, 1.807) is 0 Å². The number of rotatable bonds is 4. The molecular weight excluding hydrogens is 237 g/mol. The first-order chi connectivity index (χ1) is 7.47. The Balaban J connectivity index is 3.02. The summed E-state index contributed by atoms with van der Waals surface area (Å²) in [6.45, 7) is 0. The Morgan fingerprint density at radius 2 is 2.31 bits per heavy atom. The number of carbonyl (C=O) groups is 1. The van der Waals surface area contributed by atoms with Gasteiger partial charge in [-0.2, -0.15) is 0 Å². The van der Waals surface area contributed by atoms with Crippen molar-refractivity contribution < 1.29 is 19.0 Å². The number of carboxylic acids is 1. The van der Waals surface area contributed by atoms with Crippen LogP contribution >= 0.6 is 11.6 Å². The number of hydrogen-bond acceptors (Lipinski definition) is 3. The van der Waals surface area contributed by atoms with Gasteiger partial charge in [-0.1, -0.05) is 17.7 Å². The molecule has 6 heteroatoms. The number of aliphatic carboxylic acids is 1. The van der Waals surface area contributed by atoms with Crippen LogP contribution < -0.4 is 10.5 Å². The van der Waals surface area contributed by atoms with Crippen molar-refractivity contribution >= 4 is 17.6 Å². The van der Waals surface area contributed by atoms with Crippen LogP contribution in [0.2, 0.25) is 5.02 Å². The van der Waals surface area contributed by atoms with Gasteiger partial charge in [-0.25, -0.2) is 4.39 Å². The monoisotopic (exact) mass is 247 g/mol. The summed E-state index contributed by atoms with van der Waals surface area (Å²) in [6, 6.07) is 1.68. The molecule has 4 nitrogen and oxygen atoms in total. The fraction of sp³-hybridized carbons (Fsp3) is 0.300. The van der Waals surface area contributed by atoms with Crippen LogP contribution in [0.15, 0.2) is 12.1 Å². The molecule has 0 amide bonds. The molecule has 0 aliphatic rings. The average molecular weight is 248 g/mol. The fourth-order valence-corrected chi connectivity index (χ4v) is 1.47. The molecule has 1 aromatic carbocycles. The van der Waals surface area contributed by atoms with Gasteiger partial charge in [-0.15, -0.1) is 0 Å². The minimum Gasteiger partial charge on any atom is -0.492 e. The van der Waals surface area contributed by atoms with Gasteiger partial charge in [0.25, 0.3) is 0 Å². The highest BCUT2D eigenvalue weighted by atomic mass is 35.5. The molecule has 0 saturated heterocycles. The third-order valence-electron chi connectivity index (χ3n) is 2.09. The summed E-state index contributed by atoms with van der Waals surface area (Å²) < 4.78 is 18.5. The van der Waals surface area contributed by atoms with Crippen LogP contribution in [0.5, 0.6) is 5.75 Å². The van der Waals surface area contributed by atoms with Crippen molar-refractivity contribution in [1.82, 2.24) is 0 Å². The lowest BCUT2D eigenvalue weighted by molar-refractivity contribution is -0.138. The molecule has 1 rings (SSSR count). The van der Waals surface area contributed by atoms with E-state index >= 15 is 0 Å². The van der Waals surface area contributed by atoms with Crippen molar-refractivity contribution in [3.63, 3.8) is 0 Å². The minimum atomic E-state index is -1.19. The van der Waals surface area contributed by atoms with Gasteiger partial charge >= 0.3 is 5.97 Å². The lowest BCUT2D eigenvalue weighted by Gasteiger charge is -2.11. The van der Waals surface area contributed by atoms with Crippen molar-refractivity contribution in [3.8, 4) is 5.75 Å². The topological polar surface area (TPSA) is 72.5 Å². The maximum absolute atomic E-state index is 13.7. The smallest absolute Gasteiger partial charge is 0.320 e. The number of benzene rings is 1. The molecular formula is C10H11ClFNO3. The molecule has 0 bridgehead atoms. The van der Waals surface area contributed by atoms with Crippen molar-refractivity contribution in [3.05, 3.63) is 28.5 Å². The van der Waals surface area contributed by atoms with Crippen LogP contribution in [-0.4, -0.2) is 24.2 Å². The van der Waals surface area contributed by atoms with Crippen molar-refractivity contribution in [2.45, 2.75) is 12.5 Å². The Kier molecular flexibility index (Phi) is 4.09. The predicted octanol–water partition coefficient (Wildman–Crippen LogP) is 1.44. The van der Waals surface area contributed by atoms with Gasteiger partial charge in [0.2, 0.25) is 0 Å². The predicted molar refractivity (Wildman–Crippen MR) is 57.3 cm³/mol. The Morgan fingerprint density at radius 1 is 1.69 bits per heavy atom. The lowest BCUT2D eigenvalue weighted by atomic mass is 10.1.